The molecule has 0 radical (unpaired) electrons. The molecule has 0 saturated carbocycles. The maximum Gasteiger partial charge on any atom is 0.573 e. The van der Waals surface area contributed by atoms with E-state index in [4.69, 9.17) is 11.6 Å². The fraction of sp³-hybridized carbons (Fsp3) is 0.125. The number of Topliss-reactive ketones (excluding diaryl/α,β-unsaturated/α-hetero) is 1. The van der Waals surface area contributed by atoms with E-state index in [-0.39, 0.29) is 22.9 Å². The van der Waals surface area contributed by atoms with Crippen LogP contribution < -0.4 is 9.64 Å². The fourth-order valence-electron chi connectivity index (χ4n) is 2.44. The summed E-state index contributed by atoms with van der Waals surface area (Å²) in [5, 5.41) is 0.253. The van der Waals surface area contributed by atoms with E-state index < -0.39 is 18.1 Å². The molecule has 0 bridgehead atoms. The van der Waals surface area contributed by atoms with Gasteiger partial charge in [-0.15, -0.1) is 13.2 Å². The number of anilines is 1. The summed E-state index contributed by atoms with van der Waals surface area (Å²) < 4.78 is 40.2. The first-order valence-electron chi connectivity index (χ1n) is 6.75. The first-order valence-corrected chi connectivity index (χ1v) is 7.13. The van der Waals surface area contributed by atoms with Crippen LogP contribution >= 0.6 is 11.6 Å². The Morgan fingerprint density at radius 1 is 1.04 bits per heavy atom. The largest absolute Gasteiger partial charge is 0.573 e. The predicted molar refractivity (Wildman–Crippen MR) is 80.1 cm³/mol. The number of hydrogen-bond donors (Lipinski definition) is 0. The van der Waals surface area contributed by atoms with Gasteiger partial charge >= 0.3 is 6.36 Å². The molecule has 0 aromatic heterocycles. The van der Waals surface area contributed by atoms with Crippen LogP contribution in [0.2, 0.25) is 5.02 Å². The maximum atomic E-state index is 12.1. The molecule has 0 spiro atoms. The molecule has 0 unspecified atom stereocenters. The van der Waals surface area contributed by atoms with Crippen molar-refractivity contribution in [1.82, 2.24) is 0 Å². The van der Waals surface area contributed by atoms with E-state index in [1.54, 1.807) is 12.1 Å². The summed E-state index contributed by atoms with van der Waals surface area (Å²) in [7, 11) is 0. The van der Waals surface area contributed by atoms with E-state index in [9.17, 15) is 22.8 Å². The van der Waals surface area contributed by atoms with Gasteiger partial charge in [0, 0.05) is 0 Å². The van der Waals surface area contributed by atoms with Crippen molar-refractivity contribution in [2.45, 2.75) is 12.9 Å². The van der Waals surface area contributed by atoms with Crippen molar-refractivity contribution in [3.63, 3.8) is 0 Å². The molecule has 1 aliphatic heterocycles. The van der Waals surface area contributed by atoms with Crippen molar-refractivity contribution in [3.8, 4) is 5.75 Å². The first-order chi connectivity index (χ1) is 11.3. The summed E-state index contributed by atoms with van der Waals surface area (Å²) in [6, 6.07) is 9.67. The number of nitrogens with zero attached hydrogens (tertiary/aromatic N) is 1. The van der Waals surface area contributed by atoms with Gasteiger partial charge in [-0.1, -0.05) is 29.8 Å². The summed E-state index contributed by atoms with van der Waals surface area (Å²) in [5.74, 6) is -1.76. The molecule has 4 nitrogen and oxygen atoms in total. The molecule has 1 amide bonds. The lowest BCUT2D eigenvalue weighted by Crippen LogP contribution is -2.29. The first kappa shape index (κ1) is 16.3. The van der Waals surface area contributed by atoms with Crippen molar-refractivity contribution in [2.24, 2.45) is 0 Å². The zero-order valence-electron chi connectivity index (χ0n) is 11.9. The van der Waals surface area contributed by atoms with Crippen LogP contribution in [0, 0.1) is 0 Å². The van der Waals surface area contributed by atoms with Crippen LogP contribution in [0.5, 0.6) is 5.75 Å². The molecular weight excluding hydrogens is 347 g/mol. The minimum absolute atomic E-state index is 0.00754. The van der Waals surface area contributed by atoms with Gasteiger partial charge in [0.15, 0.2) is 0 Å². The van der Waals surface area contributed by atoms with Crippen LogP contribution in [0.4, 0.5) is 18.9 Å². The van der Waals surface area contributed by atoms with Gasteiger partial charge < -0.3 is 4.74 Å². The van der Waals surface area contributed by atoms with Crippen molar-refractivity contribution < 1.29 is 27.5 Å². The number of hydrogen-bond acceptors (Lipinski definition) is 3. The Labute approximate surface area is 139 Å². The van der Waals surface area contributed by atoms with Crippen LogP contribution in [0.1, 0.15) is 15.9 Å². The second-order valence-corrected chi connectivity index (χ2v) is 5.46. The molecule has 0 saturated heterocycles. The number of benzene rings is 2. The minimum Gasteiger partial charge on any atom is -0.406 e. The van der Waals surface area contributed by atoms with Crippen LogP contribution in [0.25, 0.3) is 0 Å². The second kappa shape index (κ2) is 5.83. The highest BCUT2D eigenvalue weighted by molar-refractivity contribution is 6.54. The molecule has 0 N–H and O–H groups in total. The molecule has 124 valence electrons. The lowest BCUT2D eigenvalue weighted by molar-refractivity contribution is -0.274. The lowest BCUT2D eigenvalue weighted by atomic mass is 10.1. The summed E-state index contributed by atoms with van der Waals surface area (Å²) in [5.41, 5.74) is 1.05. The highest BCUT2D eigenvalue weighted by Gasteiger charge is 2.37. The smallest absolute Gasteiger partial charge is 0.406 e. The third-order valence-corrected chi connectivity index (χ3v) is 3.74. The van der Waals surface area contributed by atoms with Crippen molar-refractivity contribution in [3.05, 3.63) is 58.6 Å². The van der Waals surface area contributed by atoms with Gasteiger partial charge in [-0.05, 0) is 29.8 Å². The number of carbonyl (C=O) groups excluding carboxylic acids is 2. The predicted octanol–water partition coefficient (Wildman–Crippen LogP) is 3.97. The molecule has 2 aromatic carbocycles. The number of alkyl halides is 3. The fourth-order valence-corrected chi connectivity index (χ4v) is 2.72. The van der Waals surface area contributed by atoms with Crippen molar-refractivity contribution in [1.29, 1.82) is 0 Å². The molecule has 24 heavy (non-hydrogen) atoms. The summed E-state index contributed by atoms with van der Waals surface area (Å²) >= 11 is 6.07. The van der Waals surface area contributed by atoms with E-state index in [0.29, 0.717) is 11.3 Å². The van der Waals surface area contributed by atoms with Crippen LogP contribution in [-0.4, -0.2) is 18.1 Å². The SMILES string of the molecule is O=C1C(=O)N(Cc2ccc(OC(F)(F)F)cc2)c2c(Cl)cccc21. The standard InChI is InChI=1S/C16H9ClF3NO3/c17-12-3-1-2-11-13(12)21(15(23)14(11)22)8-9-4-6-10(7-5-9)24-16(18,19)20/h1-7H,8H2. The minimum atomic E-state index is -4.77. The van der Waals surface area contributed by atoms with Crippen molar-refractivity contribution >= 4 is 29.0 Å². The summed E-state index contributed by atoms with van der Waals surface area (Å²) in [4.78, 5) is 25.3. The highest BCUT2D eigenvalue weighted by Crippen LogP contribution is 2.36. The number of rotatable bonds is 3. The van der Waals surface area contributed by atoms with E-state index in [0.717, 1.165) is 12.1 Å². The third kappa shape index (κ3) is 3.07. The van der Waals surface area contributed by atoms with E-state index in [1.165, 1.54) is 23.1 Å². The second-order valence-electron chi connectivity index (χ2n) is 5.05. The normalized spacial score (nSPS) is 14.1. The number of ketones is 1. The molecule has 3 rings (SSSR count). The maximum absolute atomic E-state index is 12.1. The lowest BCUT2D eigenvalue weighted by Gasteiger charge is -2.18. The molecule has 0 aliphatic carbocycles. The van der Waals surface area contributed by atoms with Crippen LogP contribution in [-0.2, 0) is 11.3 Å². The Kier molecular flexibility index (Phi) is 3.96. The third-order valence-electron chi connectivity index (χ3n) is 3.44. The quantitative estimate of drug-likeness (QED) is 0.783. The molecule has 2 aromatic rings. The molecular formula is C16H9ClF3NO3. The summed E-state index contributed by atoms with van der Waals surface area (Å²) in [6.07, 6.45) is -4.77. The molecule has 1 aliphatic rings. The van der Waals surface area contributed by atoms with Crippen LogP contribution in [0.15, 0.2) is 42.5 Å². The Morgan fingerprint density at radius 2 is 1.71 bits per heavy atom. The number of halogens is 4. The molecule has 0 atom stereocenters. The number of carbonyl (C=O) groups is 2. The topological polar surface area (TPSA) is 46.6 Å². The Balaban J connectivity index is 1.85. The van der Waals surface area contributed by atoms with Crippen LogP contribution in [0.3, 0.4) is 0 Å². The average Bonchev–Trinajstić information content (AvgIpc) is 2.74. The van der Waals surface area contributed by atoms with E-state index >= 15 is 0 Å². The molecule has 0 fully saturated rings. The molecule has 8 heteroatoms. The van der Waals surface area contributed by atoms with Gasteiger partial charge in [0.2, 0.25) is 0 Å². The van der Waals surface area contributed by atoms with Gasteiger partial charge in [0.1, 0.15) is 5.75 Å². The number of fused-ring (bicyclic) bond motifs is 1. The number of amides is 1. The van der Waals surface area contributed by atoms with E-state index in [1.807, 2.05) is 0 Å². The monoisotopic (exact) mass is 355 g/mol. The zero-order valence-corrected chi connectivity index (χ0v) is 12.7. The number of ether oxygens (including phenoxy) is 1. The van der Waals surface area contributed by atoms with Gasteiger partial charge in [0.05, 0.1) is 22.8 Å². The zero-order chi connectivity index (χ0) is 17.5. The van der Waals surface area contributed by atoms with Gasteiger partial charge in [-0.2, -0.15) is 0 Å². The van der Waals surface area contributed by atoms with E-state index in [2.05, 4.69) is 4.74 Å². The average molecular weight is 356 g/mol. The van der Waals surface area contributed by atoms with Gasteiger partial charge in [0.25, 0.3) is 11.7 Å². The van der Waals surface area contributed by atoms with Crippen molar-refractivity contribution in [2.75, 3.05) is 4.90 Å². The number of para-hydroxylation sites is 1. The highest BCUT2D eigenvalue weighted by atomic mass is 35.5. The van der Waals surface area contributed by atoms with Gasteiger partial charge in [-0.25, -0.2) is 0 Å². The Bertz CT molecular complexity index is 818. The summed E-state index contributed by atoms with van der Waals surface area (Å²) in [6.45, 7) is 0.00754. The Morgan fingerprint density at radius 3 is 2.33 bits per heavy atom. The molecule has 1 heterocycles. The Hall–Kier alpha value is -2.54. The van der Waals surface area contributed by atoms with Gasteiger partial charge in [-0.3, -0.25) is 14.5 Å².